The monoisotopic (exact) mass is 900 g/mol. The van der Waals surface area contributed by atoms with Gasteiger partial charge >= 0.3 is 0 Å². The number of hydrogen-bond donors (Lipinski definition) is 0. The molecule has 2 unspecified atom stereocenters. The fourth-order valence-electron chi connectivity index (χ4n) is 14.0. The van der Waals surface area contributed by atoms with Gasteiger partial charge in [0.15, 0.2) is 18.6 Å². The average Bonchev–Trinajstić information content (AvgIpc) is 3.77. The number of allylic oxidation sites excluding steroid dienone is 7. The van der Waals surface area contributed by atoms with Crippen molar-refractivity contribution in [2.24, 2.45) is 0 Å². The molecular weight excluding hydrogens is 859 g/mol. The summed E-state index contributed by atoms with van der Waals surface area (Å²) in [7, 11) is 0. The molecule has 0 saturated heterocycles. The molecule has 7 aliphatic rings. The van der Waals surface area contributed by atoms with Crippen LogP contribution in [0.4, 0.5) is 0 Å². The average molecular weight is 901 g/mol. The Morgan fingerprint density at radius 2 is 0.915 bits per heavy atom. The number of rotatable bonds is 1. The molecular formula is C68H42N3+3. The van der Waals surface area contributed by atoms with Crippen molar-refractivity contribution in [2.75, 3.05) is 0 Å². The SMILES string of the molecule is C1=C2/c3ccccc3-c3c[n+]4c(cc3-c3ccccc3)-c3ccccc3/C3=C5\c6ccccc6-c6ccc(c[n+]65)-c5ccccc5/C(=C/C5=C\C26Cc2ccccc2-c2ccc(c[n+]26)-c2ccccc25)C/134. The van der Waals surface area contributed by atoms with E-state index in [0.717, 1.165) is 6.42 Å². The van der Waals surface area contributed by atoms with E-state index in [2.05, 4.69) is 257 Å². The van der Waals surface area contributed by atoms with Gasteiger partial charge in [0, 0.05) is 69.7 Å². The molecule has 0 fully saturated rings. The third-order valence-corrected chi connectivity index (χ3v) is 16.9. The molecule has 2 atom stereocenters. The van der Waals surface area contributed by atoms with Crippen molar-refractivity contribution < 1.29 is 13.7 Å². The predicted molar refractivity (Wildman–Crippen MR) is 284 cm³/mol. The van der Waals surface area contributed by atoms with Gasteiger partial charge in [0.25, 0.3) is 0 Å². The van der Waals surface area contributed by atoms with Crippen molar-refractivity contribution >= 4 is 28.0 Å². The Bertz CT molecular complexity index is 4260. The minimum Gasteiger partial charge on any atom is -0.184 e. The van der Waals surface area contributed by atoms with Crippen LogP contribution in [0.15, 0.2) is 243 Å². The Morgan fingerprint density at radius 3 is 1.69 bits per heavy atom. The first kappa shape index (κ1) is 37.9. The summed E-state index contributed by atoms with van der Waals surface area (Å²) in [5.41, 5.74) is 29.2. The maximum absolute atomic E-state index is 2.77. The zero-order valence-corrected chi connectivity index (χ0v) is 38.6. The van der Waals surface area contributed by atoms with Crippen LogP contribution in [0.2, 0.25) is 0 Å². The molecule has 3 heteroatoms. The summed E-state index contributed by atoms with van der Waals surface area (Å²) in [4.78, 5) is 0. The van der Waals surface area contributed by atoms with Crippen LogP contribution in [0, 0.1) is 0 Å². The number of fused-ring (bicyclic) bond motifs is 20. The molecule has 71 heavy (non-hydrogen) atoms. The van der Waals surface area contributed by atoms with E-state index in [0.29, 0.717) is 0 Å². The summed E-state index contributed by atoms with van der Waals surface area (Å²) in [5, 5.41) is 0. The van der Waals surface area contributed by atoms with Crippen molar-refractivity contribution in [1.29, 1.82) is 0 Å². The Hall–Kier alpha value is -9.05. The summed E-state index contributed by atoms with van der Waals surface area (Å²) >= 11 is 0. The number of pyridine rings is 3. The van der Waals surface area contributed by atoms with E-state index in [1.807, 2.05) is 0 Å². The molecule has 6 aliphatic heterocycles. The molecule has 3 nitrogen and oxygen atoms in total. The van der Waals surface area contributed by atoms with Gasteiger partial charge in [-0.3, -0.25) is 0 Å². The molecule has 9 heterocycles. The van der Waals surface area contributed by atoms with E-state index in [1.165, 1.54) is 140 Å². The van der Waals surface area contributed by atoms with E-state index >= 15 is 0 Å². The molecule has 0 N–H and O–H groups in total. The number of nitrogens with zero attached hydrogens (tertiary/aromatic N) is 3. The van der Waals surface area contributed by atoms with Gasteiger partial charge in [-0.25, -0.2) is 0 Å². The van der Waals surface area contributed by atoms with Gasteiger partial charge in [-0.2, -0.15) is 13.7 Å². The van der Waals surface area contributed by atoms with Crippen LogP contribution in [0.1, 0.15) is 33.4 Å². The van der Waals surface area contributed by atoms with Gasteiger partial charge < -0.3 is 0 Å². The van der Waals surface area contributed by atoms with Gasteiger partial charge in [-0.15, -0.1) is 0 Å². The van der Waals surface area contributed by atoms with E-state index in [9.17, 15) is 0 Å². The fourth-order valence-corrected chi connectivity index (χ4v) is 14.0. The van der Waals surface area contributed by atoms with E-state index < -0.39 is 11.1 Å². The Labute approximate surface area is 411 Å². The smallest absolute Gasteiger partial charge is 0.184 e. The van der Waals surface area contributed by atoms with Gasteiger partial charge in [-0.05, 0) is 98.6 Å². The molecule has 1 aliphatic carbocycles. The van der Waals surface area contributed by atoms with Crippen LogP contribution < -0.4 is 13.7 Å². The Balaban J connectivity index is 1.18. The zero-order chi connectivity index (χ0) is 46.2. The lowest BCUT2D eigenvalue weighted by molar-refractivity contribution is -0.730. The molecule has 0 radical (unpaired) electrons. The molecule has 7 aromatic carbocycles. The van der Waals surface area contributed by atoms with E-state index in [1.54, 1.807) is 0 Å². The van der Waals surface area contributed by atoms with E-state index in [-0.39, 0.29) is 0 Å². The molecule has 10 bridgehead atoms. The summed E-state index contributed by atoms with van der Waals surface area (Å²) in [6.07, 6.45) is 16.3. The number of aromatic nitrogens is 3. The van der Waals surface area contributed by atoms with Crippen molar-refractivity contribution in [3.63, 3.8) is 0 Å². The van der Waals surface area contributed by atoms with Crippen LogP contribution in [0.3, 0.4) is 0 Å². The molecule has 0 saturated carbocycles. The zero-order valence-electron chi connectivity index (χ0n) is 38.6. The molecule has 2 spiro atoms. The molecule has 0 amide bonds. The van der Waals surface area contributed by atoms with Crippen molar-refractivity contribution in [3.8, 4) is 78.3 Å². The molecule has 17 rings (SSSR count). The molecule has 3 aromatic heterocycles. The highest BCUT2D eigenvalue weighted by Gasteiger charge is 2.62. The van der Waals surface area contributed by atoms with Gasteiger partial charge in [-0.1, -0.05) is 152 Å². The largest absolute Gasteiger partial charge is 0.246 e. The quantitative estimate of drug-likeness (QED) is 0.146. The van der Waals surface area contributed by atoms with Gasteiger partial charge in [0.1, 0.15) is 5.57 Å². The standard InChI is InChI=1S/C68H42N3/c1-2-16-42(17-3-1)58-35-64-54-26-12-14-28-56(54)65-66-57-29-15-13-27-55(57)62-32-30-44(39-69(62)66)48-20-8-10-24-52(48)60-34-46-37-67(61-38-68(60,65)71(64)41-59(58)51-23-9-11-25-53(51)61)36-43-18-4-5-22-50(43)63-33-31-45(40-70(63)67)47-19-6-7-21-49(46)47/h1-35,37-41H,36H2/q+3/b46-37+,60-34-,61-38-,66-65-. The second-order valence-corrected chi connectivity index (χ2v) is 20.3. The first-order chi connectivity index (χ1) is 35.2. The van der Waals surface area contributed by atoms with Crippen LogP contribution >= 0.6 is 0 Å². The topological polar surface area (TPSA) is 11.6 Å². The molecule has 10 aromatic rings. The van der Waals surface area contributed by atoms with Crippen LogP contribution in [-0.4, -0.2) is 0 Å². The van der Waals surface area contributed by atoms with Crippen molar-refractivity contribution in [2.45, 2.75) is 17.5 Å². The van der Waals surface area contributed by atoms with Gasteiger partial charge in [0.2, 0.25) is 33.9 Å². The summed E-state index contributed by atoms with van der Waals surface area (Å²) in [6, 6.07) is 78.2. The Kier molecular flexibility index (Phi) is 7.14. The van der Waals surface area contributed by atoms with Crippen LogP contribution in [0.5, 0.6) is 0 Å². The second-order valence-electron chi connectivity index (χ2n) is 20.3. The summed E-state index contributed by atoms with van der Waals surface area (Å²) < 4.78 is 7.94. The minimum absolute atomic E-state index is 0.687. The third-order valence-electron chi connectivity index (χ3n) is 16.9. The van der Waals surface area contributed by atoms with Crippen molar-refractivity contribution in [1.82, 2.24) is 0 Å². The number of benzene rings is 7. The Morgan fingerprint density at radius 1 is 0.338 bits per heavy atom. The summed E-state index contributed by atoms with van der Waals surface area (Å²) in [6.45, 7) is 0. The maximum Gasteiger partial charge on any atom is 0.246 e. The van der Waals surface area contributed by atoms with Crippen LogP contribution in [0.25, 0.3) is 106 Å². The lowest BCUT2D eigenvalue weighted by Crippen LogP contribution is -2.64. The van der Waals surface area contributed by atoms with E-state index in [4.69, 9.17) is 0 Å². The lowest BCUT2D eigenvalue weighted by Gasteiger charge is -2.43. The number of hydrogen-bond acceptors (Lipinski definition) is 0. The van der Waals surface area contributed by atoms with Crippen LogP contribution in [-0.2, 0) is 17.5 Å². The highest BCUT2D eigenvalue weighted by atomic mass is 15.1. The second kappa shape index (κ2) is 13.4. The summed E-state index contributed by atoms with van der Waals surface area (Å²) in [5.74, 6) is 0. The minimum atomic E-state index is -0.938. The highest BCUT2D eigenvalue weighted by molar-refractivity contribution is 6.11. The normalized spacial score (nSPS) is 22.2. The van der Waals surface area contributed by atoms with Crippen molar-refractivity contribution in [3.05, 3.63) is 276 Å². The first-order valence-corrected chi connectivity index (χ1v) is 24.9. The maximum atomic E-state index is 2.77. The highest BCUT2D eigenvalue weighted by Crippen LogP contribution is 2.60. The fraction of sp³-hybridized carbons (Fsp3) is 0.0441. The van der Waals surface area contributed by atoms with Gasteiger partial charge in [0.05, 0.1) is 22.3 Å². The first-order valence-electron chi connectivity index (χ1n) is 24.9. The third kappa shape index (κ3) is 4.71. The molecule has 326 valence electrons. The lowest BCUT2D eigenvalue weighted by atomic mass is 9.62. The predicted octanol–water partition coefficient (Wildman–Crippen LogP) is 13.8.